The van der Waals surface area contributed by atoms with Crippen LogP contribution in [0.15, 0.2) is 52.3 Å². The quantitative estimate of drug-likeness (QED) is 0.434. The van der Waals surface area contributed by atoms with Crippen molar-refractivity contribution in [1.82, 2.24) is 4.98 Å². The third-order valence-corrected chi connectivity index (χ3v) is 11.3. The number of phenolic OH excluding ortho intramolecular Hbond substituents is 1. The van der Waals surface area contributed by atoms with Crippen molar-refractivity contribution in [3.8, 4) is 11.5 Å². The number of thioether (sulfide) groups is 1. The Labute approximate surface area is 228 Å². The minimum absolute atomic E-state index is 0.0215. The van der Waals surface area contributed by atoms with Crippen molar-refractivity contribution < 1.29 is 32.6 Å². The number of aromatic amines is 1. The van der Waals surface area contributed by atoms with Crippen LogP contribution in [-0.2, 0) is 15.8 Å². The van der Waals surface area contributed by atoms with E-state index in [1.165, 1.54) is 37.1 Å². The number of aromatic nitrogens is 1. The van der Waals surface area contributed by atoms with Gasteiger partial charge in [-0.1, -0.05) is 23.5 Å². The molecular formula is C27H21F3N2O5S2. The van der Waals surface area contributed by atoms with Crippen LogP contribution in [0.2, 0.25) is 0 Å². The number of nitrogens with one attached hydrogen (secondary N) is 1. The molecule has 3 fully saturated rings. The Balaban J connectivity index is 1.31. The van der Waals surface area contributed by atoms with E-state index in [0.29, 0.717) is 6.42 Å². The Morgan fingerprint density at radius 2 is 1.79 bits per heavy atom. The van der Waals surface area contributed by atoms with Crippen molar-refractivity contribution in [1.29, 1.82) is 0 Å². The number of hydrogen-bond donors (Lipinski definition) is 2. The second kappa shape index (κ2) is 8.37. The highest BCUT2D eigenvalue weighted by Gasteiger charge is 2.69. The van der Waals surface area contributed by atoms with Crippen LogP contribution in [0.5, 0.6) is 11.5 Å². The molecule has 39 heavy (non-hydrogen) atoms. The molecule has 12 heteroatoms. The zero-order valence-electron chi connectivity index (χ0n) is 20.3. The van der Waals surface area contributed by atoms with Gasteiger partial charge in [0.25, 0.3) is 0 Å². The summed E-state index contributed by atoms with van der Waals surface area (Å²) < 4.78 is 45.5. The molecule has 7 rings (SSSR count). The maximum absolute atomic E-state index is 13.8. The Bertz CT molecular complexity index is 1600. The Hall–Kier alpha value is -3.25. The van der Waals surface area contributed by atoms with E-state index in [1.54, 1.807) is 12.1 Å². The predicted octanol–water partition coefficient (Wildman–Crippen LogP) is 4.85. The summed E-state index contributed by atoms with van der Waals surface area (Å²) in [7, 11) is 1.45. The van der Waals surface area contributed by atoms with E-state index in [-0.39, 0.29) is 51.0 Å². The first kappa shape index (κ1) is 24.8. The lowest BCUT2D eigenvalue weighted by molar-refractivity contribution is -0.137. The zero-order valence-corrected chi connectivity index (χ0v) is 21.9. The molecule has 0 radical (unpaired) electrons. The monoisotopic (exact) mass is 574 g/mol. The maximum Gasteiger partial charge on any atom is 0.416 e. The van der Waals surface area contributed by atoms with Crippen molar-refractivity contribution in [2.45, 2.75) is 28.8 Å². The fourth-order valence-electron chi connectivity index (χ4n) is 7.35. The number of thiazole rings is 1. The molecule has 2 bridgehead atoms. The largest absolute Gasteiger partial charge is 0.504 e. The minimum Gasteiger partial charge on any atom is -0.504 e. The van der Waals surface area contributed by atoms with Crippen LogP contribution in [0.4, 0.5) is 18.9 Å². The molecule has 2 saturated carbocycles. The smallest absolute Gasteiger partial charge is 0.416 e. The average molecular weight is 575 g/mol. The normalized spacial score (nSPS) is 30.9. The molecule has 7 atom stereocenters. The number of rotatable bonds is 3. The number of halogens is 3. The number of alkyl halides is 3. The zero-order chi connectivity index (χ0) is 27.4. The lowest BCUT2D eigenvalue weighted by Gasteiger charge is -2.43. The number of H-pyrrole nitrogens is 1. The van der Waals surface area contributed by atoms with Crippen molar-refractivity contribution in [2.24, 2.45) is 29.6 Å². The van der Waals surface area contributed by atoms with E-state index in [9.17, 15) is 32.7 Å². The van der Waals surface area contributed by atoms with Crippen molar-refractivity contribution >= 4 is 40.6 Å². The molecule has 2 N–H and O–H groups in total. The Morgan fingerprint density at radius 3 is 2.51 bits per heavy atom. The van der Waals surface area contributed by atoms with Gasteiger partial charge in [-0.25, -0.2) is 0 Å². The lowest BCUT2D eigenvalue weighted by Crippen LogP contribution is -2.42. The number of anilines is 1. The number of phenols is 1. The number of ether oxygens (including phenoxy) is 1. The van der Waals surface area contributed by atoms with Gasteiger partial charge >= 0.3 is 11.0 Å². The molecule has 2 aliphatic carbocycles. The van der Waals surface area contributed by atoms with Gasteiger partial charge in [0.2, 0.25) is 11.8 Å². The number of fused-ring (bicyclic) bond motifs is 9. The molecular weight excluding hydrogens is 553 g/mol. The highest BCUT2D eigenvalue weighted by Crippen LogP contribution is 2.68. The second-order valence-corrected chi connectivity index (χ2v) is 12.7. The molecule has 1 aromatic heterocycles. The molecule has 202 valence electrons. The summed E-state index contributed by atoms with van der Waals surface area (Å²) in [4.78, 5) is 44.3. The van der Waals surface area contributed by atoms with Crippen LogP contribution in [-0.4, -0.2) is 34.3 Å². The maximum atomic E-state index is 13.8. The summed E-state index contributed by atoms with van der Waals surface area (Å²) in [5.74, 6) is -2.63. The Morgan fingerprint density at radius 1 is 1.05 bits per heavy atom. The molecule has 3 heterocycles. The van der Waals surface area contributed by atoms with Crippen LogP contribution < -0.4 is 14.5 Å². The summed E-state index contributed by atoms with van der Waals surface area (Å²) in [6.07, 6.45) is -3.95. The van der Waals surface area contributed by atoms with Crippen LogP contribution in [0.3, 0.4) is 0 Å². The van der Waals surface area contributed by atoms with E-state index in [0.717, 1.165) is 43.8 Å². The molecule has 0 spiro atoms. The van der Waals surface area contributed by atoms with Gasteiger partial charge in [0, 0.05) is 16.0 Å². The molecule has 0 unspecified atom stereocenters. The first-order valence-electron chi connectivity index (χ1n) is 12.4. The number of nitrogens with zero attached hydrogens (tertiary/aromatic N) is 1. The van der Waals surface area contributed by atoms with Gasteiger partial charge in [-0.2, -0.15) is 13.2 Å². The molecule has 3 aromatic rings. The van der Waals surface area contributed by atoms with Crippen molar-refractivity contribution in [3.63, 3.8) is 0 Å². The van der Waals surface area contributed by atoms with Gasteiger partial charge in [0.1, 0.15) is 0 Å². The summed E-state index contributed by atoms with van der Waals surface area (Å²) >= 11 is 2.63. The third kappa shape index (κ3) is 3.46. The van der Waals surface area contributed by atoms with Gasteiger partial charge in [-0.15, -0.1) is 11.8 Å². The summed E-state index contributed by atoms with van der Waals surface area (Å²) in [6, 6.07) is 9.40. The van der Waals surface area contributed by atoms with E-state index >= 15 is 0 Å². The first-order valence-corrected chi connectivity index (χ1v) is 14.1. The molecule has 2 aromatic carbocycles. The topological polar surface area (TPSA) is 99.7 Å². The number of carbonyl (C=O) groups is 2. The summed E-state index contributed by atoms with van der Waals surface area (Å²) in [5.41, 5.74) is -0.154. The standard InChI is InChI=1S/C27H21F3N2O5S2/c1-37-16-7-10(5-6-15(16)33)17-18-13-9-14(21(18)38-23-22(17)39-26(36)31-23)20-19(13)24(34)32(25(20)35)12-4-2-3-11(8-12)27(28,29)30/h2-8,13-14,17-21,33H,9H2,1H3,(H,31,36)/t13-,14+,17+,18+,19+,20+,21-/m0/s1. The summed E-state index contributed by atoms with van der Waals surface area (Å²) in [5, 5.41) is 10.8. The predicted molar refractivity (Wildman–Crippen MR) is 137 cm³/mol. The fourth-order valence-corrected chi connectivity index (χ4v) is 10.2. The van der Waals surface area contributed by atoms with Gasteiger partial charge in [0.15, 0.2) is 11.5 Å². The number of aromatic hydroxyl groups is 1. The number of hydrogen-bond acceptors (Lipinski definition) is 7. The molecule has 4 aliphatic rings. The van der Waals surface area contributed by atoms with Gasteiger partial charge in [-0.3, -0.25) is 19.3 Å². The Kier molecular flexibility index (Phi) is 5.32. The van der Waals surface area contributed by atoms with E-state index < -0.39 is 35.4 Å². The molecule has 7 nitrogen and oxygen atoms in total. The first-order chi connectivity index (χ1) is 18.6. The highest BCUT2D eigenvalue weighted by molar-refractivity contribution is 8.00. The molecule has 2 amide bonds. The third-order valence-electron chi connectivity index (χ3n) is 8.72. The highest BCUT2D eigenvalue weighted by atomic mass is 32.2. The fraction of sp³-hybridized carbons (Fsp3) is 0.370. The minimum atomic E-state index is -4.60. The van der Waals surface area contributed by atoms with Gasteiger partial charge in [0.05, 0.1) is 35.2 Å². The van der Waals surface area contributed by atoms with Crippen LogP contribution in [0.1, 0.15) is 28.3 Å². The van der Waals surface area contributed by atoms with Crippen LogP contribution in [0, 0.1) is 29.6 Å². The number of carbonyl (C=O) groups excluding carboxylic acids is 2. The van der Waals surface area contributed by atoms with Crippen LogP contribution in [0.25, 0.3) is 0 Å². The number of imide groups is 1. The van der Waals surface area contributed by atoms with Crippen molar-refractivity contribution in [3.05, 3.63) is 68.1 Å². The SMILES string of the molecule is COc1cc([C@H]2c3sc(=O)[nH]c3S[C@H]3[C@@H]4C[C@H]([C@H]5C(=O)N(c6cccc(C(F)(F)F)c6)C(=O)[C@H]45)[C@H]23)ccc1O. The van der Waals surface area contributed by atoms with E-state index in [1.807, 2.05) is 0 Å². The van der Waals surface area contributed by atoms with E-state index in [2.05, 4.69) is 4.98 Å². The summed E-state index contributed by atoms with van der Waals surface area (Å²) in [6.45, 7) is 0. The second-order valence-electron chi connectivity index (χ2n) is 10.5. The van der Waals surface area contributed by atoms with E-state index in [4.69, 9.17) is 4.74 Å². The van der Waals surface area contributed by atoms with Gasteiger partial charge in [-0.05, 0) is 60.1 Å². The molecule has 2 aliphatic heterocycles. The number of amides is 2. The number of methoxy groups -OCH3 is 1. The number of benzene rings is 2. The lowest BCUT2D eigenvalue weighted by atomic mass is 9.68. The average Bonchev–Trinajstić information content (AvgIpc) is 3.63. The molecule has 1 saturated heterocycles. The van der Waals surface area contributed by atoms with Crippen molar-refractivity contribution in [2.75, 3.05) is 12.0 Å². The van der Waals surface area contributed by atoms with Crippen LogP contribution >= 0.6 is 23.1 Å². The van der Waals surface area contributed by atoms with Gasteiger partial charge < -0.3 is 14.8 Å².